The first-order valence-corrected chi connectivity index (χ1v) is 4.90. The molecule has 1 aromatic carbocycles. The minimum absolute atomic E-state index is 0.122. The van der Waals surface area contributed by atoms with E-state index in [1.54, 1.807) is 12.1 Å². The van der Waals surface area contributed by atoms with E-state index >= 15 is 0 Å². The van der Waals surface area contributed by atoms with Gasteiger partial charge >= 0.3 is 5.97 Å². The van der Waals surface area contributed by atoms with E-state index in [0.717, 1.165) is 5.56 Å². The number of carboxylic acid groups (broad SMARTS) is 1. The number of rotatable bonds is 2. The van der Waals surface area contributed by atoms with Crippen LogP contribution in [0.15, 0.2) is 24.3 Å². The van der Waals surface area contributed by atoms with Crippen LogP contribution in [0.3, 0.4) is 0 Å². The van der Waals surface area contributed by atoms with Crippen LogP contribution in [0.2, 0.25) is 0 Å². The highest BCUT2D eigenvalue weighted by atomic mass is 16.4. The number of aliphatic carboxylic acids is 1. The highest BCUT2D eigenvalue weighted by Gasteiger charge is 2.36. The van der Waals surface area contributed by atoms with Crippen molar-refractivity contribution in [2.75, 3.05) is 0 Å². The fourth-order valence-electron chi connectivity index (χ4n) is 1.83. The van der Waals surface area contributed by atoms with Crippen LogP contribution in [-0.2, 0) is 9.59 Å². The van der Waals surface area contributed by atoms with Gasteiger partial charge < -0.3 is 15.5 Å². The molecule has 1 saturated heterocycles. The molecule has 1 heterocycles. The number of phenolic OH excluding ortho intramolecular Hbond substituents is 1. The minimum Gasteiger partial charge on any atom is -0.508 e. The molecule has 0 radical (unpaired) electrons. The summed E-state index contributed by atoms with van der Waals surface area (Å²) in [6.45, 7) is 0. The fraction of sp³-hybridized carbons (Fsp3) is 0.273. The molecule has 2 atom stereocenters. The summed E-state index contributed by atoms with van der Waals surface area (Å²) in [6, 6.07) is 5.41. The number of aromatic hydroxyl groups is 1. The monoisotopic (exact) mass is 221 g/mol. The van der Waals surface area contributed by atoms with Crippen LogP contribution in [0.25, 0.3) is 0 Å². The van der Waals surface area contributed by atoms with Gasteiger partial charge in [-0.05, 0) is 24.1 Å². The molecule has 1 fully saturated rings. The second-order valence-corrected chi connectivity index (χ2v) is 3.78. The van der Waals surface area contributed by atoms with Crippen LogP contribution in [-0.4, -0.2) is 28.1 Å². The Balaban J connectivity index is 2.20. The Hall–Kier alpha value is -2.04. The topological polar surface area (TPSA) is 86.6 Å². The van der Waals surface area contributed by atoms with Gasteiger partial charge in [0.05, 0.1) is 5.92 Å². The maximum absolute atomic E-state index is 11.5. The van der Waals surface area contributed by atoms with E-state index < -0.39 is 17.9 Å². The van der Waals surface area contributed by atoms with E-state index in [4.69, 9.17) is 10.2 Å². The van der Waals surface area contributed by atoms with Gasteiger partial charge in [0.1, 0.15) is 11.8 Å². The minimum atomic E-state index is -1.02. The van der Waals surface area contributed by atoms with Crippen molar-refractivity contribution in [1.82, 2.24) is 5.32 Å². The molecule has 1 amide bonds. The third-order valence-corrected chi connectivity index (χ3v) is 2.70. The summed E-state index contributed by atoms with van der Waals surface area (Å²) < 4.78 is 0. The third-order valence-electron chi connectivity index (χ3n) is 2.70. The van der Waals surface area contributed by atoms with Crippen LogP contribution in [0, 0.1) is 0 Å². The largest absolute Gasteiger partial charge is 0.508 e. The van der Waals surface area contributed by atoms with Gasteiger partial charge in [-0.15, -0.1) is 0 Å². The molecule has 1 aliphatic rings. The van der Waals surface area contributed by atoms with Crippen molar-refractivity contribution in [3.8, 4) is 5.75 Å². The summed E-state index contributed by atoms with van der Waals surface area (Å²) in [7, 11) is 0. The number of phenols is 1. The van der Waals surface area contributed by atoms with Crippen LogP contribution < -0.4 is 5.32 Å². The molecule has 1 aromatic rings. The summed E-state index contributed by atoms with van der Waals surface area (Å²) in [6.07, 6.45) is 0.249. The zero-order chi connectivity index (χ0) is 11.7. The van der Waals surface area contributed by atoms with Gasteiger partial charge in [0.25, 0.3) is 0 Å². The molecule has 16 heavy (non-hydrogen) atoms. The molecular formula is C11H11NO4. The van der Waals surface area contributed by atoms with Gasteiger partial charge in [-0.25, -0.2) is 4.79 Å². The van der Waals surface area contributed by atoms with Gasteiger partial charge in [0.15, 0.2) is 0 Å². The maximum Gasteiger partial charge on any atom is 0.326 e. The normalized spacial score (nSPS) is 24.1. The van der Waals surface area contributed by atoms with Gasteiger partial charge in [-0.3, -0.25) is 4.79 Å². The van der Waals surface area contributed by atoms with Crippen molar-refractivity contribution in [2.45, 2.75) is 18.4 Å². The molecule has 0 saturated carbocycles. The number of hydrogen-bond donors (Lipinski definition) is 3. The average molecular weight is 221 g/mol. The maximum atomic E-state index is 11.5. The van der Waals surface area contributed by atoms with Crippen molar-refractivity contribution >= 4 is 11.9 Å². The number of carbonyl (C=O) groups is 2. The Morgan fingerprint density at radius 3 is 2.44 bits per heavy atom. The summed E-state index contributed by atoms with van der Waals surface area (Å²) in [5.74, 6) is -1.62. The van der Waals surface area contributed by atoms with Crippen LogP contribution >= 0.6 is 0 Å². The Morgan fingerprint density at radius 1 is 1.31 bits per heavy atom. The fourth-order valence-corrected chi connectivity index (χ4v) is 1.83. The highest BCUT2D eigenvalue weighted by Crippen LogP contribution is 2.27. The van der Waals surface area contributed by atoms with Crippen molar-refractivity contribution < 1.29 is 19.8 Å². The quantitative estimate of drug-likeness (QED) is 0.676. The van der Waals surface area contributed by atoms with Gasteiger partial charge in [-0.2, -0.15) is 0 Å². The zero-order valence-electron chi connectivity index (χ0n) is 8.38. The number of amides is 1. The number of nitrogens with one attached hydrogen (secondary N) is 1. The SMILES string of the molecule is O=C(O)C1CC(c2ccc(O)cc2)C(=O)N1. The number of benzene rings is 1. The molecule has 5 heteroatoms. The predicted octanol–water partition coefficient (Wildman–Crippen LogP) is 0.449. The van der Waals surface area contributed by atoms with E-state index in [9.17, 15) is 9.59 Å². The van der Waals surface area contributed by atoms with Crippen LogP contribution in [0.4, 0.5) is 0 Å². The first-order chi connectivity index (χ1) is 7.58. The summed E-state index contributed by atoms with van der Waals surface area (Å²) in [4.78, 5) is 22.3. The van der Waals surface area contributed by atoms with Crippen LogP contribution in [0.1, 0.15) is 17.9 Å². The number of carboxylic acids is 1. The van der Waals surface area contributed by atoms with E-state index in [1.165, 1.54) is 12.1 Å². The molecule has 5 nitrogen and oxygen atoms in total. The lowest BCUT2D eigenvalue weighted by atomic mass is 9.96. The smallest absolute Gasteiger partial charge is 0.326 e. The molecule has 2 rings (SSSR count). The lowest BCUT2D eigenvalue weighted by Crippen LogP contribution is -2.32. The molecule has 84 valence electrons. The lowest BCUT2D eigenvalue weighted by molar-refractivity contribution is -0.140. The summed E-state index contributed by atoms with van der Waals surface area (Å²) in [5, 5.41) is 20.3. The number of carbonyl (C=O) groups excluding carboxylic acids is 1. The first-order valence-electron chi connectivity index (χ1n) is 4.90. The molecular weight excluding hydrogens is 210 g/mol. The molecule has 0 spiro atoms. The van der Waals surface area contributed by atoms with Crippen molar-refractivity contribution in [3.63, 3.8) is 0 Å². The average Bonchev–Trinajstić information content (AvgIpc) is 2.62. The van der Waals surface area contributed by atoms with E-state index in [-0.39, 0.29) is 18.1 Å². The van der Waals surface area contributed by atoms with Gasteiger partial charge in [-0.1, -0.05) is 12.1 Å². The number of hydrogen-bond acceptors (Lipinski definition) is 3. The Kier molecular flexibility index (Phi) is 2.52. The first kappa shape index (κ1) is 10.5. The molecule has 2 unspecified atom stereocenters. The third kappa shape index (κ3) is 1.84. The Morgan fingerprint density at radius 2 is 1.94 bits per heavy atom. The van der Waals surface area contributed by atoms with E-state index in [1.807, 2.05) is 0 Å². The second kappa shape index (κ2) is 3.84. The van der Waals surface area contributed by atoms with Crippen molar-refractivity contribution in [2.24, 2.45) is 0 Å². The zero-order valence-corrected chi connectivity index (χ0v) is 8.38. The van der Waals surface area contributed by atoms with E-state index in [0.29, 0.717) is 0 Å². The standard InChI is InChI=1S/C11H11NO4/c13-7-3-1-6(2-4-7)8-5-9(11(15)16)12-10(8)14/h1-4,8-9,13H,5H2,(H,12,14)(H,15,16). The van der Waals surface area contributed by atoms with Gasteiger partial charge in [0, 0.05) is 0 Å². The lowest BCUT2D eigenvalue weighted by Gasteiger charge is -2.06. The second-order valence-electron chi connectivity index (χ2n) is 3.78. The summed E-state index contributed by atoms with van der Waals surface area (Å²) >= 11 is 0. The van der Waals surface area contributed by atoms with Crippen molar-refractivity contribution in [3.05, 3.63) is 29.8 Å². The summed E-state index contributed by atoms with van der Waals surface area (Å²) in [5.41, 5.74) is 0.721. The molecule has 3 N–H and O–H groups in total. The Labute approximate surface area is 91.7 Å². The predicted molar refractivity (Wildman–Crippen MR) is 55.0 cm³/mol. The van der Waals surface area contributed by atoms with Gasteiger partial charge in [0.2, 0.25) is 5.91 Å². The van der Waals surface area contributed by atoms with Crippen LogP contribution in [0.5, 0.6) is 5.75 Å². The highest BCUT2D eigenvalue weighted by molar-refractivity contribution is 5.92. The van der Waals surface area contributed by atoms with E-state index in [2.05, 4.69) is 5.32 Å². The Bertz CT molecular complexity index is 426. The molecule has 0 aliphatic carbocycles. The van der Waals surface area contributed by atoms with Crippen molar-refractivity contribution in [1.29, 1.82) is 0 Å². The molecule has 0 aromatic heterocycles. The molecule has 0 bridgehead atoms. The molecule has 1 aliphatic heterocycles.